The molecule has 0 saturated carbocycles. The quantitative estimate of drug-likeness (QED) is 0.764. The summed E-state index contributed by atoms with van der Waals surface area (Å²) in [7, 11) is 4.09. The number of likely N-dealkylation sites (N-methyl/N-ethyl adjacent to an activating group) is 1. The van der Waals surface area contributed by atoms with Crippen LogP contribution < -0.4 is 0 Å². The molecule has 1 aromatic rings. The molecule has 6 nitrogen and oxygen atoms in total. The van der Waals surface area contributed by atoms with E-state index in [-0.39, 0.29) is 11.9 Å². The van der Waals surface area contributed by atoms with Crippen LogP contribution in [0.2, 0.25) is 0 Å². The number of piperidine rings is 1. The van der Waals surface area contributed by atoms with E-state index < -0.39 is 0 Å². The Morgan fingerprint density at radius 1 is 1.41 bits per heavy atom. The van der Waals surface area contributed by atoms with Crippen molar-refractivity contribution in [1.29, 1.82) is 0 Å². The Hall–Kier alpha value is -1.40. The van der Waals surface area contributed by atoms with Crippen molar-refractivity contribution in [2.75, 3.05) is 40.3 Å². The van der Waals surface area contributed by atoms with Gasteiger partial charge in [-0.1, -0.05) is 25.9 Å². The number of likely N-dealkylation sites (tertiary alicyclic amines) is 2. The van der Waals surface area contributed by atoms with Gasteiger partial charge in [-0.15, -0.1) is 0 Å². The number of carbonyl (C=O) groups is 1. The molecule has 6 heteroatoms. The van der Waals surface area contributed by atoms with Gasteiger partial charge in [-0.05, 0) is 63.7 Å². The fourth-order valence-corrected chi connectivity index (χ4v) is 4.61. The van der Waals surface area contributed by atoms with Crippen LogP contribution >= 0.6 is 0 Å². The van der Waals surface area contributed by atoms with Gasteiger partial charge in [0.15, 0.2) is 5.76 Å². The minimum atomic E-state index is 0.00541. The molecular weight excluding hydrogens is 340 g/mol. The zero-order chi connectivity index (χ0) is 19.6. The van der Waals surface area contributed by atoms with Crippen LogP contribution in [-0.4, -0.2) is 72.1 Å². The predicted octanol–water partition coefficient (Wildman–Crippen LogP) is 2.95. The largest absolute Gasteiger partial charge is 0.359 e. The van der Waals surface area contributed by atoms with Crippen LogP contribution in [0.5, 0.6) is 0 Å². The van der Waals surface area contributed by atoms with E-state index in [2.05, 4.69) is 42.8 Å². The summed E-state index contributed by atoms with van der Waals surface area (Å²) in [4.78, 5) is 19.9. The summed E-state index contributed by atoms with van der Waals surface area (Å²) in [5.41, 5.74) is 1.27. The Morgan fingerprint density at radius 2 is 2.11 bits per heavy atom. The van der Waals surface area contributed by atoms with E-state index in [1.54, 1.807) is 0 Å². The predicted molar refractivity (Wildman–Crippen MR) is 106 cm³/mol. The standard InChI is InChI=1S/C21H36N4O2/c1-6-9-25-15-21(7-10-23(4)11-8-21)13-19(25)20(26)24(5)14-17-12-18(16(2)3)22-27-17/h12,16,19H,6-11,13-15H2,1-5H3. The zero-order valence-electron chi connectivity index (χ0n) is 17.7. The normalized spacial score (nSPS) is 23.4. The molecule has 0 N–H and O–H groups in total. The van der Waals surface area contributed by atoms with Crippen molar-refractivity contribution in [3.05, 3.63) is 17.5 Å². The van der Waals surface area contributed by atoms with Crippen molar-refractivity contribution in [2.24, 2.45) is 5.41 Å². The van der Waals surface area contributed by atoms with Gasteiger partial charge in [-0.2, -0.15) is 0 Å². The molecule has 2 fully saturated rings. The molecule has 2 aliphatic rings. The third-order valence-electron chi connectivity index (χ3n) is 6.39. The van der Waals surface area contributed by atoms with Gasteiger partial charge >= 0.3 is 0 Å². The minimum absolute atomic E-state index is 0.00541. The average molecular weight is 377 g/mol. The number of hydrogen-bond donors (Lipinski definition) is 0. The molecule has 0 bridgehead atoms. The fourth-order valence-electron chi connectivity index (χ4n) is 4.61. The van der Waals surface area contributed by atoms with Crippen LogP contribution in [-0.2, 0) is 11.3 Å². The van der Waals surface area contributed by atoms with Crippen molar-refractivity contribution in [1.82, 2.24) is 19.9 Å². The second kappa shape index (κ2) is 8.31. The molecule has 1 aromatic heterocycles. The summed E-state index contributed by atoms with van der Waals surface area (Å²) >= 11 is 0. The SMILES string of the molecule is CCCN1CC2(CCN(C)CC2)CC1C(=O)N(C)Cc1cc(C(C)C)no1. The van der Waals surface area contributed by atoms with E-state index in [0.29, 0.717) is 17.9 Å². The molecule has 2 aliphatic heterocycles. The van der Waals surface area contributed by atoms with E-state index in [4.69, 9.17) is 4.52 Å². The molecule has 0 aliphatic carbocycles. The van der Waals surface area contributed by atoms with Crippen molar-refractivity contribution in [2.45, 2.75) is 65.0 Å². The molecule has 0 radical (unpaired) electrons. The molecule has 1 atom stereocenters. The Kier molecular flexibility index (Phi) is 6.26. The van der Waals surface area contributed by atoms with E-state index in [1.807, 2.05) is 18.0 Å². The maximum Gasteiger partial charge on any atom is 0.240 e. The van der Waals surface area contributed by atoms with Gasteiger partial charge in [0.2, 0.25) is 5.91 Å². The molecule has 2 saturated heterocycles. The lowest BCUT2D eigenvalue weighted by molar-refractivity contribution is -0.135. The number of rotatable bonds is 6. The first-order chi connectivity index (χ1) is 12.8. The zero-order valence-corrected chi connectivity index (χ0v) is 17.7. The minimum Gasteiger partial charge on any atom is -0.359 e. The smallest absolute Gasteiger partial charge is 0.240 e. The van der Waals surface area contributed by atoms with Crippen LogP contribution in [0.25, 0.3) is 0 Å². The second-order valence-electron chi connectivity index (χ2n) is 9.06. The van der Waals surface area contributed by atoms with Gasteiger partial charge in [0.1, 0.15) is 0 Å². The fraction of sp³-hybridized carbons (Fsp3) is 0.810. The van der Waals surface area contributed by atoms with Gasteiger partial charge in [0.05, 0.1) is 18.3 Å². The maximum absolute atomic E-state index is 13.3. The summed E-state index contributed by atoms with van der Waals surface area (Å²) in [6.45, 7) is 11.2. The maximum atomic E-state index is 13.3. The average Bonchev–Trinajstić information content (AvgIpc) is 3.23. The summed E-state index contributed by atoms with van der Waals surface area (Å²) < 4.78 is 5.44. The van der Waals surface area contributed by atoms with Crippen molar-refractivity contribution in [3.8, 4) is 0 Å². The van der Waals surface area contributed by atoms with Crippen LogP contribution in [0.3, 0.4) is 0 Å². The Morgan fingerprint density at radius 3 is 2.70 bits per heavy atom. The summed E-state index contributed by atoms with van der Waals surface area (Å²) in [6.07, 6.45) is 4.50. The first-order valence-electron chi connectivity index (χ1n) is 10.5. The molecule has 1 amide bonds. The lowest BCUT2D eigenvalue weighted by Gasteiger charge is -2.37. The highest BCUT2D eigenvalue weighted by Crippen LogP contribution is 2.43. The number of amides is 1. The highest BCUT2D eigenvalue weighted by Gasteiger charge is 2.47. The van der Waals surface area contributed by atoms with Crippen LogP contribution in [0.4, 0.5) is 0 Å². The van der Waals surface area contributed by atoms with Crippen molar-refractivity contribution < 1.29 is 9.32 Å². The van der Waals surface area contributed by atoms with E-state index in [1.165, 1.54) is 12.8 Å². The highest BCUT2D eigenvalue weighted by atomic mass is 16.5. The molecule has 27 heavy (non-hydrogen) atoms. The lowest BCUT2D eigenvalue weighted by atomic mass is 9.76. The first-order valence-corrected chi connectivity index (χ1v) is 10.5. The molecule has 152 valence electrons. The third kappa shape index (κ3) is 4.54. The van der Waals surface area contributed by atoms with E-state index >= 15 is 0 Å². The molecule has 3 heterocycles. The van der Waals surface area contributed by atoms with Crippen LogP contribution in [0, 0.1) is 5.41 Å². The Labute approximate surface area is 163 Å². The summed E-state index contributed by atoms with van der Waals surface area (Å²) in [5, 5.41) is 4.12. The van der Waals surface area contributed by atoms with Gasteiger partial charge in [-0.3, -0.25) is 9.69 Å². The van der Waals surface area contributed by atoms with Gasteiger partial charge in [0, 0.05) is 19.7 Å². The molecule has 0 aromatic carbocycles. The van der Waals surface area contributed by atoms with E-state index in [9.17, 15) is 4.79 Å². The van der Waals surface area contributed by atoms with Crippen molar-refractivity contribution in [3.63, 3.8) is 0 Å². The first kappa shape index (κ1) is 20.3. The lowest BCUT2D eigenvalue weighted by Crippen LogP contribution is -2.44. The topological polar surface area (TPSA) is 52.8 Å². The molecule has 1 spiro atoms. The van der Waals surface area contributed by atoms with Gasteiger partial charge < -0.3 is 14.3 Å². The highest BCUT2D eigenvalue weighted by molar-refractivity contribution is 5.82. The van der Waals surface area contributed by atoms with Crippen LogP contribution in [0.15, 0.2) is 10.6 Å². The second-order valence-corrected chi connectivity index (χ2v) is 9.06. The molecule has 3 rings (SSSR count). The molecular formula is C21H36N4O2. The Bertz CT molecular complexity index is 634. The summed E-state index contributed by atoms with van der Waals surface area (Å²) in [5.74, 6) is 1.33. The van der Waals surface area contributed by atoms with Crippen LogP contribution in [0.1, 0.15) is 63.8 Å². The number of nitrogens with zero attached hydrogens (tertiary/aromatic N) is 4. The number of carbonyl (C=O) groups excluding carboxylic acids is 1. The van der Waals surface area contributed by atoms with Crippen molar-refractivity contribution >= 4 is 5.91 Å². The monoisotopic (exact) mass is 376 g/mol. The summed E-state index contributed by atoms with van der Waals surface area (Å²) in [6, 6.07) is 1.98. The third-order valence-corrected chi connectivity index (χ3v) is 6.39. The number of aromatic nitrogens is 1. The van der Waals surface area contributed by atoms with Gasteiger partial charge in [-0.25, -0.2) is 0 Å². The van der Waals surface area contributed by atoms with Gasteiger partial charge in [0.25, 0.3) is 0 Å². The molecule has 1 unspecified atom stereocenters. The Balaban J connectivity index is 1.67. The van der Waals surface area contributed by atoms with E-state index in [0.717, 1.165) is 50.5 Å². The number of hydrogen-bond acceptors (Lipinski definition) is 5.